The zero-order valence-corrected chi connectivity index (χ0v) is 24.3. The van der Waals surface area contributed by atoms with Crippen LogP contribution in [0.4, 0.5) is 8.78 Å². The molecule has 2 aromatic rings. The van der Waals surface area contributed by atoms with E-state index < -0.39 is 29.6 Å². The van der Waals surface area contributed by atoms with E-state index in [1.165, 1.54) is 23.3 Å². The average Bonchev–Trinajstić information content (AvgIpc) is 3.63. The van der Waals surface area contributed by atoms with Crippen LogP contribution in [0.5, 0.6) is 0 Å². The molecule has 3 saturated heterocycles. The Labute approximate surface area is 246 Å². The highest BCUT2D eigenvalue weighted by molar-refractivity contribution is 5.81. The van der Waals surface area contributed by atoms with E-state index >= 15 is 4.39 Å². The lowest BCUT2D eigenvalue weighted by molar-refractivity contribution is -0.147. The number of carbonyl (C=O) groups excluding carboxylic acids is 1. The van der Waals surface area contributed by atoms with E-state index in [1.54, 1.807) is 0 Å². The monoisotopic (exact) mass is 581 g/mol. The van der Waals surface area contributed by atoms with Crippen LogP contribution in [-0.2, 0) is 33.6 Å². The maximum Gasteiger partial charge on any atom is 0.321 e. The number of likely N-dealkylation sites (tertiary alicyclic amines) is 1. The number of halogens is 2. The van der Waals surface area contributed by atoms with Crippen LogP contribution in [0, 0.1) is 17.6 Å². The van der Waals surface area contributed by atoms with Gasteiger partial charge in [0.15, 0.2) is 0 Å². The molecular weight excluding hydrogens is 540 g/mol. The molecule has 9 heteroatoms. The van der Waals surface area contributed by atoms with Crippen molar-refractivity contribution in [1.29, 1.82) is 0 Å². The van der Waals surface area contributed by atoms with Crippen LogP contribution in [0.2, 0.25) is 0 Å². The van der Waals surface area contributed by atoms with Gasteiger partial charge in [0, 0.05) is 70.0 Å². The highest BCUT2D eigenvalue weighted by atomic mass is 19.1. The number of nitrogens with zero attached hydrogens (tertiary/aromatic N) is 3. The van der Waals surface area contributed by atoms with Gasteiger partial charge < -0.3 is 14.7 Å². The molecule has 4 atom stereocenters. The zero-order chi connectivity index (χ0) is 29.4. The summed E-state index contributed by atoms with van der Waals surface area (Å²) in [6.07, 6.45) is 5.46. The Kier molecular flexibility index (Phi) is 8.61. The van der Waals surface area contributed by atoms with Gasteiger partial charge in [-0.1, -0.05) is 24.3 Å². The van der Waals surface area contributed by atoms with Crippen molar-refractivity contribution in [2.24, 2.45) is 5.92 Å². The Morgan fingerprint density at radius 2 is 1.79 bits per heavy atom. The standard InChI is InChI=1S/C33H41F2N3O4/c1-21-18-36(31(33(40)41)16-22-5-6-23-3-2-4-24(23)15-22)11-12-38(21)32(39)29-20-37(26-9-13-42-14-10-26)19-28(29)27-8-7-25(34)17-30(27)35/h5-8,15,17,21,26,28-29,31H,2-4,9-14,16,18-20H2,1H3,(H,40,41)/t21-,28-,29+,31-/m0/s1. The third-order valence-corrected chi connectivity index (χ3v) is 9.99. The molecule has 0 aromatic heterocycles. The van der Waals surface area contributed by atoms with E-state index in [0.29, 0.717) is 57.9 Å². The number of aryl methyl sites for hydroxylation is 2. The minimum Gasteiger partial charge on any atom is -0.480 e. The molecule has 0 saturated carbocycles. The molecule has 3 aliphatic heterocycles. The Hall–Kier alpha value is -2.88. The minimum atomic E-state index is -0.850. The number of piperazine rings is 1. The molecule has 3 heterocycles. The van der Waals surface area contributed by atoms with Gasteiger partial charge in [-0.3, -0.25) is 19.4 Å². The van der Waals surface area contributed by atoms with Gasteiger partial charge in [0.2, 0.25) is 5.91 Å². The fraction of sp³-hybridized carbons (Fsp3) is 0.576. The molecule has 42 heavy (non-hydrogen) atoms. The number of amides is 1. The second kappa shape index (κ2) is 12.4. The fourth-order valence-electron chi connectivity index (χ4n) is 7.71. The van der Waals surface area contributed by atoms with Crippen molar-refractivity contribution >= 4 is 11.9 Å². The molecule has 1 amide bonds. The van der Waals surface area contributed by atoms with Gasteiger partial charge in [-0.05, 0) is 73.8 Å². The van der Waals surface area contributed by atoms with E-state index in [0.717, 1.165) is 43.7 Å². The molecule has 0 spiro atoms. The number of benzene rings is 2. The van der Waals surface area contributed by atoms with Gasteiger partial charge in [0.05, 0.1) is 5.92 Å². The lowest BCUT2D eigenvalue weighted by Gasteiger charge is -2.43. The van der Waals surface area contributed by atoms with Gasteiger partial charge >= 0.3 is 5.97 Å². The molecule has 0 bridgehead atoms. The topological polar surface area (TPSA) is 73.3 Å². The molecule has 226 valence electrons. The summed E-state index contributed by atoms with van der Waals surface area (Å²) < 4.78 is 34.3. The van der Waals surface area contributed by atoms with Crippen molar-refractivity contribution in [1.82, 2.24) is 14.7 Å². The first-order valence-corrected chi connectivity index (χ1v) is 15.4. The van der Waals surface area contributed by atoms with Crippen molar-refractivity contribution in [2.45, 2.75) is 69.5 Å². The van der Waals surface area contributed by atoms with Gasteiger partial charge in [-0.25, -0.2) is 8.78 Å². The molecule has 3 fully saturated rings. The molecule has 6 rings (SSSR count). The highest BCUT2D eigenvalue weighted by Crippen LogP contribution is 2.38. The summed E-state index contributed by atoms with van der Waals surface area (Å²) in [5.41, 5.74) is 4.12. The second-order valence-corrected chi connectivity index (χ2v) is 12.6. The third-order valence-electron chi connectivity index (χ3n) is 9.99. The summed E-state index contributed by atoms with van der Waals surface area (Å²) in [6, 6.07) is 9.44. The van der Waals surface area contributed by atoms with Crippen molar-refractivity contribution < 1.29 is 28.2 Å². The number of carboxylic acid groups (broad SMARTS) is 1. The van der Waals surface area contributed by atoms with Crippen molar-refractivity contribution in [3.63, 3.8) is 0 Å². The van der Waals surface area contributed by atoms with E-state index in [2.05, 4.69) is 23.1 Å². The molecular formula is C33H41F2N3O4. The first-order chi connectivity index (χ1) is 20.3. The molecule has 0 radical (unpaired) electrons. The van der Waals surface area contributed by atoms with Crippen LogP contribution in [-0.4, -0.2) is 95.7 Å². The summed E-state index contributed by atoms with van der Waals surface area (Å²) in [7, 11) is 0. The van der Waals surface area contributed by atoms with Crippen LogP contribution in [0.1, 0.15) is 54.4 Å². The number of aliphatic carboxylic acids is 1. The summed E-state index contributed by atoms with van der Waals surface area (Å²) in [4.78, 5) is 32.7. The van der Waals surface area contributed by atoms with Crippen LogP contribution >= 0.6 is 0 Å². The second-order valence-electron chi connectivity index (χ2n) is 12.6. The molecule has 1 aliphatic carbocycles. The van der Waals surface area contributed by atoms with Crippen LogP contribution < -0.4 is 0 Å². The maximum absolute atomic E-state index is 15.0. The lowest BCUT2D eigenvalue weighted by atomic mass is 9.87. The first kappa shape index (κ1) is 29.2. The zero-order valence-electron chi connectivity index (χ0n) is 24.3. The minimum absolute atomic E-state index is 0.0315. The number of hydrogen-bond acceptors (Lipinski definition) is 5. The number of carbonyl (C=O) groups is 2. The average molecular weight is 582 g/mol. The van der Waals surface area contributed by atoms with Crippen molar-refractivity contribution in [2.75, 3.05) is 45.9 Å². The SMILES string of the molecule is C[C@H]1CN([C@@H](Cc2ccc3c(c2)CCC3)C(=O)O)CCN1C(=O)[C@@H]1CN(C2CCOCC2)C[C@H]1c1ccc(F)cc1F. The summed E-state index contributed by atoms with van der Waals surface area (Å²) in [5.74, 6) is -2.95. The maximum atomic E-state index is 15.0. The molecule has 0 unspecified atom stereocenters. The highest BCUT2D eigenvalue weighted by Gasteiger charge is 2.45. The first-order valence-electron chi connectivity index (χ1n) is 15.4. The van der Waals surface area contributed by atoms with E-state index in [9.17, 15) is 19.1 Å². The normalized spacial score (nSPS) is 26.4. The smallest absolute Gasteiger partial charge is 0.321 e. The number of carboxylic acids is 1. The summed E-state index contributed by atoms with van der Waals surface area (Å²) >= 11 is 0. The summed E-state index contributed by atoms with van der Waals surface area (Å²) in [6.45, 7) is 5.71. The van der Waals surface area contributed by atoms with Crippen LogP contribution in [0.25, 0.3) is 0 Å². The number of fused-ring (bicyclic) bond motifs is 1. The Bertz CT molecular complexity index is 1320. The van der Waals surface area contributed by atoms with Crippen LogP contribution in [0.15, 0.2) is 36.4 Å². The Morgan fingerprint density at radius 3 is 2.52 bits per heavy atom. The summed E-state index contributed by atoms with van der Waals surface area (Å²) in [5, 5.41) is 10.2. The predicted molar refractivity (Wildman–Crippen MR) is 154 cm³/mol. The van der Waals surface area contributed by atoms with Gasteiger partial charge in [-0.15, -0.1) is 0 Å². The van der Waals surface area contributed by atoms with E-state index in [1.807, 2.05) is 16.7 Å². The predicted octanol–water partition coefficient (Wildman–Crippen LogP) is 3.88. The Morgan fingerprint density at radius 1 is 1.00 bits per heavy atom. The third kappa shape index (κ3) is 5.96. The number of rotatable bonds is 7. The largest absolute Gasteiger partial charge is 0.480 e. The van der Waals surface area contributed by atoms with E-state index in [-0.39, 0.29) is 23.9 Å². The fourth-order valence-corrected chi connectivity index (χ4v) is 7.71. The van der Waals surface area contributed by atoms with Crippen LogP contribution in [0.3, 0.4) is 0 Å². The molecule has 1 N–H and O–H groups in total. The molecule has 4 aliphatic rings. The molecule has 2 aromatic carbocycles. The number of hydrogen-bond donors (Lipinski definition) is 1. The van der Waals surface area contributed by atoms with Gasteiger partial charge in [0.25, 0.3) is 0 Å². The molecule has 7 nitrogen and oxygen atoms in total. The number of ether oxygens (including phenoxy) is 1. The van der Waals surface area contributed by atoms with Crippen molar-refractivity contribution in [3.8, 4) is 0 Å². The Balaban J connectivity index is 1.17. The van der Waals surface area contributed by atoms with Gasteiger partial charge in [-0.2, -0.15) is 0 Å². The van der Waals surface area contributed by atoms with E-state index in [4.69, 9.17) is 4.74 Å². The quantitative estimate of drug-likeness (QED) is 0.535. The lowest BCUT2D eigenvalue weighted by Crippen LogP contribution is -2.59. The van der Waals surface area contributed by atoms with Crippen molar-refractivity contribution in [3.05, 3.63) is 70.3 Å². The van der Waals surface area contributed by atoms with Gasteiger partial charge in [0.1, 0.15) is 17.7 Å².